The minimum atomic E-state index is -0.327. The van der Waals surface area contributed by atoms with Crippen molar-refractivity contribution in [3.05, 3.63) is 64.5 Å². The van der Waals surface area contributed by atoms with Crippen LogP contribution in [-0.2, 0) is 0 Å². The number of aryl methyl sites for hydroxylation is 1. The third-order valence-corrected chi connectivity index (χ3v) is 3.84. The quantitative estimate of drug-likeness (QED) is 0.494. The molecule has 3 rings (SSSR count). The lowest BCUT2D eigenvalue weighted by molar-refractivity contribution is 0.309. The Hall–Kier alpha value is -2.55. The molecule has 0 aliphatic carbocycles. The molecule has 0 aliphatic rings. The Morgan fingerprint density at radius 3 is 2.57 bits per heavy atom. The first-order valence-electron chi connectivity index (χ1n) is 7.95. The zero-order chi connectivity index (χ0) is 16.2. The minimum Gasteiger partial charge on any atom is -0.493 e. The fourth-order valence-corrected chi connectivity index (χ4v) is 2.45. The molecule has 1 aromatic heterocycles. The van der Waals surface area contributed by atoms with Gasteiger partial charge in [0.25, 0.3) is 0 Å². The number of hydrogen-bond donors (Lipinski definition) is 0. The first-order valence-corrected chi connectivity index (χ1v) is 7.95. The van der Waals surface area contributed by atoms with Gasteiger partial charge >= 0.3 is 5.63 Å². The lowest BCUT2D eigenvalue weighted by atomic mass is 10.0. The summed E-state index contributed by atoms with van der Waals surface area (Å²) in [5.74, 6) is 0.734. The summed E-state index contributed by atoms with van der Waals surface area (Å²) in [5, 5.41) is 0.892. The highest BCUT2D eigenvalue weighted by Crippen LogP contribution is 2.24. The van der Waals surface area contributed by atoms with E-state index in [1.54, 1.807) is 6.07 Å². The van der Waals surface area contributed by atoms with Crippen LogP contribution in [0.15, 0.2) is 57.7 Å². The maximum absolute atomic E-state index is 12.3. The molecule has 0 bridgehead atoms. The average Bonchev–Trinajstić information content (AvgIpc) is 2.55. The second-order valence-electron chi connectivity index (χ2n) is 5.72. The molecular weight excluding hydrogens is 288 g/mol. The Kier molecular flexibility index (Phi) is 4.47. The summed E-state index contributed by atoms with van der Waals surface area (Å²) in [6.07, 6.45) is 2.09. The van der Waals surface area contributed by atoms with E-state index in [1.807, 2.05) is 49.4 Å². The van der Waals surface area contributed by atoms with Crippen molar-refractivity contribution in [1.29, 1.82) is 0 Å². The number of fused-ring (bicyclic) bond motifs is 1. The zero-order valence-corrected chi connectivity index (χ0v) is 13.5. The summed E-state index contributed by atoms with van der Waals surface area (Å²) in [5.41, 5.74) is 2.84. The third-order valence-electron chi connectivity index (χ3n) is 3.84. The molecule has 2 aromatic carbocycles. The smallest absolute Gasteiger partial charge is 0.344 e. The van der Waals surface area contributed by atoms with E-state index in [9.17, 15) is 4.79 Å². The Morgan fingerprint density at radius 1 is 1.04 bits per heavy atom. The van der Waals surface area contributed by atoms with E-state index in [2.05, 4.69) is 6.92 Å². The Balaban J connectivity index is 1.97. The van der Waals surface area contributed by atoms with E-state index in [1.165, 1.54) is 0 Å². The molecule has 0 atom stereocenters. The molecule has 0 aliphatic heterocycles. The second-order valence-corrected chi connectivity index (χ2v) is 5.72. The molecule has 3 nitrogen and oxygen atoms in total. The van der Waals surface area contributed by atoms with Gasteiger partial charge in [0.2, 0.25) is 0 Å². The maximum Gasteiger partial charge on any atom is 0.344 e. The van der Waals surface area contributed by atoms with Crippen molar-refractivity contribution in [2.45, 2.75) is 26.7 Å². The van der Waals surface area contributed by atoms with Crippen molar-refractivity contribution in [3.8, 4) is 16.9 Å². The summed E-state index contributed by atoms with van der Waals surface area (Å²) in [6, 6.07) is 15.4. The monoisotopic (exact) mass is 308 g/mol. The second kappa shape index (κ2) is 6.69. The summed E-state index contributed by atoms with van der Waals surface area (Å²) < 4.78 is 11.1. The van der Waals surface area contributed by atoms with Crippen molar-refractivity contribution in [2.75, 3.05) is 6.61 Å². The van der Waals surface area contributed by atoms with Gasteiger partial charge in [-0.3, -0.25) is 0 Å². The van der Waals surface area contributed by atoms with Gasteiger partial charge in [-0.2, -0.15) is 0 Å². The van der Waals surface area contributed by atoms with Crippen LogP contribution in [0.5, 0.6) is 5.75 Å². The Morgan fingerprint density at radius 2 is 1.83 bits per heavy atom. The lowest BCUT2D eigenvalue weighted by Crippen LogP contribution is -2.03. The third kappa shape index (κ3) is 3.45. The van der Waals surface area contributed by atoms with E-state index in [0.717, 1.165) is 35.1 Å². The minimum absolute atomic E-state index is 0.327. The van der Waals surface area contributed by atoms with Crippen molar-refractivity contribution in [3.63, 3.8) is 0 Å². The van der Waals surface area contributed by atoms with Gasteiger partial charge in [0.05, 0.1) is 12.2 Å². The lowest BCUT2D eigenvalue weighted by Gasteiger charge is -2.07. The predicted molar refractivity (Wildman–Crippen MR) is 93.1 cm³/mol. The van der Waals surface area contributed by atoms with Gasteiger partial charge in [0.15, 0.2) is 0 Å². The molecular formula is C20H20O3. The molecule has 0 spiro atoms. The van der Waals surface area contributed by atoms with Gasteiger partial charge in [-0.25, -0.2) is 4.79 Å². The van der Waals surface area contributed by atoms with Gasteiger partial charge in [0, 0.05) is 11.5 Å². The molecule has 3 heteroatoms. The highest BCUT2D eigenvalue weighted by molar-refractivity contribution is 5.82. The largest absolute Gasteiger partial charge is 0.493 e. The summed E-state index contributed by atoms with van der Waals surface area (Å²) in [7, 11) is 0. The molecule has 0 N–H and O–H groups in total. The summed E-state index contributed by atoms with van der Waals surface area (Å²) in [4.78, 5) is 12.3. The van der Waals surface area contributed by atoms with Crippen LogP contribution >= 0.6 is 0 Å². The van der Waals surface area contributed by atoms with Gasteiger partial charge in [0.1, 0.15) is 11.3 Å². The van der Waals surface area contributed by atoms with E-state index in [4.69, 9.17) is 9.15 Å². The number of benzene rings is 2. The molecule has 0 unspecified atom stereocenters. The molecule has 0 saturated carbocycles. The molecule has 118 valence electrons. The topological polar surface area (TPSA) is 39.4 Å². The van der Waals surface area contributed by atoms with Crippen molar-refractivity contribution >= 4 is 11.0 Å². The summed E-state index contributed by atoms with van der Waals surface area (Å²) in [6.45, 7) is 4.82. The molecule has 0 fully saturated rings. The predicted octanol–water partition coefficient (Wildman–Crippen LogP) is 4.95. The van der Waals surface area contributed by atoms with Crippen LogP contribution in [0.2, 0.25) is 0 Å². The van der Waals surface area contributed by atoms with Gasteiger partial charge in [-0.05, 0) is 37.1 Å². The van der Waals surface area contributed by atoms with E-state index >= 15 is 0 Å². The van der Waals surface area contributed by atoms with E-state index in [-0.39, 0.29) is 5.63 Å². The van der Waals surface area contributed by atoms with Crippen LogP contribution in [0.25, 0.3) is 22.1 Å². The molecule has 0 saturated heterocycles. The van der Waals surface area contributed by atoms with Gasteiger partial charge in [-0.15, -0.1) is 0 Å². The fraction of sp³-hybridized carbons (Fsp3) is 0.250. The average molecular weight is 308 g/mol. The van der Waals surface area contributed by atoms with Gasteiger partial charge < -0.3 is 9.15 Å². The number of hydrogen-bond acceptors (Lipinski definition) is 3. The first kappa shape index (κ1) is 15.3. The highest BCUT2D eigenvalue weighted by Gasteiger charge is 2.08. The zero-order valence-electron chi connectivity index (χ0n) is 13.5. The number of unbranched alkanes of at least 4 members (excludes halogenated alkanes) is 1. The maximum atomic E-state index is 12.3. The molecule has 0 amide bonds. The normalized spacial score (nSPS) is 10.9. The molecule has 23 heavy (non-hydrogen) atoms. The van der Waals surface area contributed by atoms with Crippen LogP contribution in [0, 0.1) is 6.92 Å². The van der Waals surface area contributed by atoms with Crippen LogP contribution in [0.1, 0.15) is 25.3 Å². The Bertz CT molecular complexity index is 860. The van der Waals surface area contributed by atoms with Crippen LogP contribution in [-0.4, -0.2) is 6.61 Å². The number of rotatable bonds is 5. The molecule has 1 heterocycles. The first-order chi connectivity index (χ1) is 11.2. The Labute approximate surface area is 135 Å². The summed E-state index contributed by atoms with van der Waals surface area (Å²) >= 11 is 0. The number of ether oxygens (including phenoxy) is 1. The fourth-order valence-electron chi connectivity index (χ4n) is 2.45. The standard InChI is InChI=1S/C20H20O3/c1-3-4-11-22-17-10-9-16-12-18(20(21)23-19(16)13-17)15-7-5-14(2)6-8-15/h5-10,12-13H,3-4,11H2,1-2H3. The highest BCUT2D eigenvalue weighted by atomic mass is 16.5. The van der Waals surface area contributed by atoms with Crippen LogP contribution in [0.3, 0.4) is 0 Å². The van der Waals surface area contributed by atoms with Gasteiger partial charge in [-0.1, -0.05) is 43.2 Å². The van der Waals surface area contributed by atoms with Crippen molar-refractivity contribution in [1.82, 2.24) is 0 Å². The van der Waals surface area contributed by atoms with Crippen LogP contribution in [0.4, 0.5) is 0 Å². The van der Waals surface area contributed by atoms with Crippen molar-refractivity contribution < 1.29 is 9.15 Å². The van der Waals surface area contributed by atoms with E-state index in [0.29, 0.717) is 17.8 Å². The molecule has 3 aromatic rings. The van der Waals surface area contributed by atoms with E-state index < -0.39 is 0 Å². The molecule has 0 radical (unpaired) electrons. The SMILES string of the molecule is CCCCOc1ccc2cc(-c3ccc(C)cc3)c(=O)oc2c1. The van der Waals surface area contributed by atoms with Crippen LogP contribution < -0.4 is 10.4 Å². The van der Waals surface area contributed by atoms with Crippen molar-refractivity contribution in [2.24, 2.45) is 0 Å².